The molecule has 4 nitrogen and oxygen atoms in total. The maximum absolute atomic E-state index is 13.9. The third-order valence-corrected chi connectivity index (χ3v) is 5.70. The Balaban J connectivity index is 1.51. The predicted molar refractivity (Wildman–Crippen MR) is 117 cm³/mol. The number of carbonyl (C=O) groups excluding carboxylic acids is 1. The first-order valence-electron chi connectivity index (χ1n) is 10.2. The molecule has 0 aromatic heterocycles. The van der Waals surface area contributed by atoms with Gasteiger partial charge in [-0.1, -0.05) is 35.5 Å². The molecule has 0 atom stereocenters. The van der Waals surface area contributed by atoms with Gasteiger partial charge in [0.2, 0.25) is 0 Å². The van der Waals surface area contributed by atoms with Crippen molar-refractivity contribution in [3.8, 4) is 5.75 Å². The highest BCUT2D eigenvalue weighted by Gasteiger charge is 2.27. The molecule has 6 heteroatoms. The molecule has 0 bridgehead atoms. The molecule has 1 amide bonds. The zero-order valence-corrected chi connectivity index (χ0v) is 19.7. The summed E-state index contributed by atoms with van der Waals surface area (Å²) in [5.41, 5.74) is 1.81. The average molecular weight is 416 g/mol. The van der Waals surface area contributed by atoms with E-state index in [0.717, 1.165) is 33.8 Å². The van der Waals surface area contributed by atoms with Gasteiger partial charge in [0.25, 0.3) is 0 Å². The molecule has 3 rings (SSSR count). The Hall–Kier alpha value is -2.34. The number of piperidine rings is 1. The highest BCUT2D eigenvalue weighted by Crippen LogP contribution is 2.29. The fraction of sp³-hybridized carbons (Fsp3) is 0.435. The van der Waals surface area contributed by atoms with Crippen LogP contribution in [0.25, 0.3) is 0 Å². The second kappa shape index (κ2) is 8.99. The standard InChI is InChI=1S/C23H30FNO3Si/c1-23(2,3)28-22(26)25-12-10-18(11-13-25)17-6-4-16(5-7-17)15-27-21-9-8-19(29)14-20(21)24/h4-9,14,18H,10-13,15H2,1-3,29H3. The van der Waals surface area contributed by atoms with E-state index in [-0.39, 0.29) is 11.9 Å². The molecule has 2 aromatic carbocycles. The van der Waals surface area contributed by atoms with Gasteiger partial charge in [0.15, 0.2) is 11.6 Å². The van der Waals surface area contributed by atoms with Gasteiger partial charge >= 0.3 is 6.09 Å². The summed E-state index contributed by atoms with van der Waals surface area (Å²) in [6, 6.07) is 13.4. The Morgan fingerprint density at radius 2 is 1.79 bits per heavy atom. The highest BCUT2D eigenvalue weighted by molar-refractivity contribution is 6.32. The summed E-state index contributed by atoms with van der Waals surface area (Å²) in [6.45, 7) is 7.42. The largest absolute Gasteiger partial charge is 0.486 e. The van der Waals surface area contributed by atoms with E-state index in [0.29, 0.717) is 31.4 Å². The van der Waals surface area contributed by atoms with Crippen LogP contribution in [0.2, 0.25) is 0 Å². The Bertz CT molecular complexity index is 840. The molecule has 1 saturated heterocycles. The number of halogens is 1. The van der Waals surface area contributed by atoms with Gasteiger partial charge in [0.1, 0.15) is 12.2 Å². The van der Waals surface area contributed by atoms with Gasteiger partial charge in [-0.3, -0.25) is 0 Å². The van der Waals surface area contributed by atoms with Crippen LogP contribution in [0.4, 0.5) is 9.18 Å². The number of benzene rings is 2. The first-order chi connectivity index (χ1) is 13.7. The van der Waals surface area contributed by atoms with Gasteiger partial charge in [-0.2, -0.15) is 0 Å². The van der Waals surface area contributed by atoms with Crippen molar-refractivity contribution in [2.45, 2.75) is 51.7 Å². The maximum atomic E-state index is 13.9. The lowest BCUT2D eigenvalue weighted by Gasteiger charge is -2.33. The molecule has 0 aliphatic carbocycles. The monoisotopic (exact) mass is 415 g/mol. The molecular formula is C23H30FNO3Si. The van der Waals surface area contributed by atoms with Gasteiger partial charge in [-0.05, 0) is 62.8 Å². The number of ether oxygens (including phenoxy) is 2. The predicted octanol–water partition coefficient (Wildman–Crippen LogP) is 3.51. The van der Waals surface area contributed by atoms with Crippen molar-refractivity contribution in [2.75, 3.05) is 13.1 Å². The van der Waals surface area contributed by atoms with Gasteiger partial charge in [0, 0.05) is 23.3 Å². The smallest absolute Gasteiger partial charge is 0.410 e. The van der Waals surface area contributed by atoms with Crippen LogP contribution in [-0.2, 0) is 11.3 Å². The normalized spacial score (nSPS) is 15.4. The number of carbonyl (C=O) groups is 1. The Morgan fingerprint density at radius 1 is 1.14 bits per heavy atom. The summed E-state index contributed by atoms with van der Waals surface area (Å²) < 4.78 is 25.0. The average Bonchev–Trinajstić information content (AvgIpc) is 2.66. The van der Waals surface area contributed by atoms with Crippen LogP contribution < -0.4 is 9.92 Å². The van der Waals surface area contributed by atoms with Gasteiger partial charge in [-0.15, -0.1) is 0 Å². The molecule has 0 radical (unpaired) electrons. The Labute approximate surface area is 175 Å². The summed E-state index contributed by atoms with van der Waals surface area (Å²) in [6.07, 6.45) is 1.62. The van der Waals surface area contributed by atoms with E-state index in [1.54, 1.807) is 11.0 Å². The molecule has 0 spiro atoms. The first kappa shape index (κ1) is 21.4. The Morgan fingerprint density at radius 3 is 2.38 bits per heavy atom. The van der Waals surface area contributed by atoms with Crippen molar-refractivity contribution in [3.05, 3.63) is 59.4 Å². The second-order valence-corrected chi connectivity index (χ2v) is 9.86. The van der Waals surface area contributed by atoms with Crippen LogP contribution in [-0.4, -0.2) is 39.9 Å². The summed E-state index contributed by atoms with van der Waals surface area (Å²) in [7, 11) is 0.823. The number of hydrogen-bond acceptors (Lipinski definition) is 3. The van der Waals surface area contributed by atoms with Crippen molar-refractivity contribution < 1.29 is 18.7 Å². The van der Waals surface area contributed by atoms with Crippen molar-refractivity contribution in [1.82, 2.24) is 4.90 Å². The lowest BCUT2D eigenvalue weighted by Crippen LogP contribution is -2.41. The van der Waals surface area contributed by atoms with Crippen LogP contribution in [0.1, 0.15) is 50.7 Å². The fourth-order valence-corrected chi connectivity index (χ4v) is 3.91. The zero-order valence-electron chi connectivity index (χ0n) is 17.7. The first-order valence-corrected chi connectivity index (χ1v) is 11.2. The maximum Gasteiger partial charge on any atom is 0.410 e. The van der Waals surface area contributed by atoms with E-state index in [1.165, 1.54) is 11.6 Å². The van der Waals surface area contributed by atoms with Crippen molar-refractivity contribution >= 4 is 21.5 Å². The van der Waals surface area contributed by atoms with Crippen LogP contribution in [0, 0.1) is 5.82 Å². The molecule has 29 heavy (non-hydrogen) atoms. The molecule has 2 aromatic rings. The van der Waals surface area contributed by atoms with E-state index in [9.17, 15) is 9.18 Å². The van der Waals surface area contributed by atoms with Crippen LogP contribution in [0.3, 0.4) is 0 Å². The molecule has 1 heterocycles. The van der Waals surface area contributed by atoms with Crippen LogP contribution in [0.15, 0.2) is 42.5 Å². The molecular weight excluding hydrogens is 385 g/mol. The van der Waals surface area contributed by atoms with Gasteiger partial charge < -0.3 is 14.4 Å². The van der Waals surface area contributed by atoms with Crippen molar-refractivity contribution in [1.29, 1.82) is 0 Å². The zero-order chi connectivity index (χ0) is 21.0. The lowest BCUT2D eigenvalue weighted by atomic mass is 9.89. The molecule has 0 saturated carbocycles. The number of likely N-dealkylation sites (tertiary alicyclic amines) is 1. The molecule has 0 N–H and O–H groups in total. The third-order valence-electron chi connectivity index (χ3n) is 5.08. The highest BCUT2D eigenvalue weighted by atomic mass is 28.1. The minimum absolute atomic E-state index is 0.228. The Kier molecular flexibility index (Phi) is 6.62. The summed E-state index contributed by atoms with van der Waals surface area (Å²) in [5.74, 6) is 0.427. The van der Waals surface area contributed by atoms with Gasteiger partial charge in [0.05, 0.1) is 0 Å². The van der Waals surface area contributed by atoms with Gasteiger partial charge in [-0.25, -0.2) is 9.18 Å². The van der Waals surface area contributed by atoms with Crippen LogP contribution in [0.5, 0.6) is 5.75 Å². The van der Waals surface area contributed by atoms with Crippen molar-refractivity contribution in [3.63, 3.8) is 0 Å². The number of nitrogens with zero attached hydrogens (tertiary/aromatic N) is 1. The minimum Gasteiger partial charge on any atom is -0.486 e. The fourth-order valence-electron chi connectivity index (χ4n) is 3.49. The topological polar surface area (TPSA) is 38.8 Å². The second-order valence-electron chi connectivity index (χ2n) is 8.71. The quantitative estimate of drug-likeness (QED) is 0.718. The van der Waals surface area contributed by atoms with Crippen LogP contribution >= 0.6 is 0 Å². The molecule has 156 valence electrons. The van der Waals surface area contributed by atoms with E-state index < -0.39 is 5.60 Å². The molecule has 1 aliphatic rings. The van der Waals surface area contributed by atoms with E-state index >= 15 is 0 Å². The number of amides is 1. The minimum atomic E-state index is -0.463. The van der Waals surface area contributed by atoms with E-state index in [2.05, 4.69) is 12.1 Å². The molecule has 0 unspecified atom stereocenters. The third kappa shape index (κ3) is 6.06. The molecule has 1 aliphatic heterocycles. The molecule has 1 fully saturated rings. The number of rotatable bonds is 4. The SMILES string of the molecule is CC(C)(C)OC(=O)N1CCC(c2ccc(COc3ccc([SiH3])cc3F)cc2)CC1. The summed E-state index contributed by atoms with van der Waals surface area (Å²) in [4.78, 5) is 14.0. The van der Waals surface area contributed by atoms with Crippen molar-refractivity contribution in [2.24, 2.45) is 0 Å². The van der Waals surface area contributed by atoms with E-state index in [4.69, 9.17) is 9.47 Å². The lowest BCUT2D eigenvalue weighted by molar-refractivity contribution is 0.0205. The van der Waals surface area contributed by atoms with E-state index in [1.807, 2.05) is 39.0 Å². The summed E-state index contributed by atoms with van der Waals surface area (Å²) >= 11 is 0. The summed E-state index contributed by atoms with van der Waals surface area (Å²) in [5, 5.41) is 1.01. The number of hydrogen-bond donors (Lipinski definition) is 0.